The monoisotopic (exact) mass is 392 g/mol. The van der Waals surface area contributed by atoms with Crippen LogP contribution in [0.25, 0.3) is 0 Å². The highest BCUT2D eigenvalue weighted by Crippen LogP contribution is 2.28. The van der Waals surface area contributed by atoms with Gasteiger partial charge in [-0.15, -0.1) is 11.3 Å². The molecule has 3 rings (SSSR count). The second-order valence-corrected chi connectivity index (χ2v) is 7.71. The van der Waals surface area contributed by atoms with Crippen molar-refractivity contribution in [3.05, 3.63) is 45.2 Å². The van der Waals surface area contributed by atoms with Crippen LogP contribution in [0.4, 0.5) is 5.82 Å². The molecule has 1 aliphatic rings. The number of carbonyl (C=O) groups is 2. The fraction of sp³-hybridized carbons (Fsp3) is 0.389. The maximum absolute atomic E-state index is 12.3. The largest absolute Gasteiger partial charge is 0.366 e. The summed E-state index contributed by atoms with van der Waals surface area (Å²) in [7, 11) is 0. The fourth-order valence-corrected chi connectivity index (χ4v) is 4.05. The molecule has 8 heteroatoms. The van der Waals surface area contributed by atoms with Crippen molar-refractivity contribution in [1.82, 2.24) is 10.3 Å². The third kappa shape index (κ3) is 4.53. The van der Waals surface area contributed by atoms with Crippen LogP contribution < -0.4 is 16.0 Å². The summed E-state index contributed by atoms with van der Waals surface area (Å²) in [4.78, 5) is 31.1. The highest BCUT2D eigenvalue weighted by molar-refractivity contribution is 7.09. The summed E-state index contributed by atoms with van der Waals surface area (Å²) in [6, 6.07) is 5.64. The van der Waals surface area contributed by atoms with Gasteiger partial charge < -0.3 is 16.0 Å². The van der Waals surface area contributed by atoms with E-state index in [2.05, 4.69) is 16.4 Å². The molecule has 26 heavy (non-hydrogen) atoms. The van der Waals surface area contributed by atoms with Crippen LogP contribution in [0.2, 0.25) is 5.02 Å². The number of nitrogens with one attached hydrogen (secondary N) is 1. The van der Waals surface area contributed by atoms with E-state index < -0.39 is 5.91 Å². The second kappa shape index (κ2) is 8.51. The molecule has 2 amide bonds. The van der Waals surface area contributed by atoms with Gasteiger partial charge in [0.05, 0.1) is 10.6 Å². The molecule has 0 unspecified atom stereocenters. The highest BCUT2D eigenvalue weighted by Gasteiger charge is 2.26. The Hall–Kier alpha value is -2.12. The number of amides is 2. The molecule has 0 aliphatic carbocycles. The van der Waals surface area contributed by atoms with Crippen LogP contribution >= 0.6 is 22.9 Å². The minimum atomic E-state index is -0.552. The lowest BCUT2D eigenvalue weighted by molar-refractivity contribution is -0.125. The van der Waals surface area contributed by atoms with Crippen molar-refractivity contribution in [3.63, 3.8) is 0 Å². The Morgan fingerprint density at radius 1 is 1.38 bits per heavy atom. The molecule has 0 atom stereocenters. The van der Waals surface area contributed by atoms with Crippen LogP contribution in [0.1, 0.15) is 28.1 Å². The lowest BCUT2D eigenvalue weighted by Crippen LogP contribution is -2.41. The maximum atomic E-state index is 12.3. The molecule has 0 spiro atoms. The molecular weight excluding hydrogens is 372 g/mol. The number of rotatable bonds is 6. The molecule has 6 nitrogen and oxygen atoms in total. The molecule has 3 N–H and O–H groups in total. The molecule has 1 fully saturated rings. The first-order valence-electron chi connectivity index (χ1n) is 8.55. The number of hydrogen-bond donors (Lipinski definition) is 2. The number of piperidine rings is 1. The van der Waals surface area contributed by atoms with Crippen LogP contribution in [0.5, 0.6) is 0 Å². The van der Waals surface area contributed by atoms with Crippen LogP contribution in [0.3, 0.4) is 0 Å². The fourth-order valence-electron chi connectivity index (χ4n) is 3.06. The molecule has 0 saturated carbocycles. The highest BCUT2D eigenvalue weighted by atomic mass is 35.5. The number of carbonyl (C=O) groups excluding carboxylic acids is 2. The van der Waals surface area contributed by atoms with Crippen LogP contribution in [0.15, 0.2) is 29.8 Å². The molecule has 0 aromatic carbocycles. The van der Waals surface area contributed by atoms with E-state index >= 15 is 0 Å². The Labute approximate surface area is 161 Å². The van der Waals surface area contributed by atoms with Gasteiger partial charge in [0.1, 0.15) is 5.82 Å². The molecule has 2 aromatic rings. The summed E-state index contributed by atoms with van der Waals surface area (Å²) in [6.07, 6.45) is 3.81. The third-order valence-corrected chi connectivity index (χ3v) is 5.74. The van der Waals surface area contributed by atoms with Crippen molar-refractivity contribution in [2.75, 3.05) is 24.5 Å². The molecule has 0 bridgehead atoms. The number of hydrogen-bond acceptors (Lipinski definition) is 5. The number of aromatic nitrogens is 1. The van der Waals surface area contributed by atoms with Crippen molar-refractivity contribution in [3.8, 4) is 0 Å². The Morgan fingerprint density at radius 2 is 2.15 bits per heavy atom. The topological polar surface area (TPSA) is 88.3 Å². The van der Waals surface area contributed by atoms with Crippen molar-refractivity contribution in [1.29, 1.82) is 0 Å². The van der Waals surface area contributed by atoms with Gasteiger partial charge in [-0.25, -0.2) is 4.98 Å². The molecule has 3 heterocycles. The molecule has 1 aliphatic heterocycles. The van der Waals surface area contributed by atoms with Crippen molar-refractivity contribution < 1.29 is 9.59 Å². The second-order valence-electron chi connectivity index (χ2n) is 6.28. The number of anilines is 1. The summed E-state index contributed by atoms with van der Waals surface area (Å²) < 4.78 is 0. The lowest BCUT2D eigenvalue weighted by atomic mass is 9.96. The number of pyridine rings is 1. The van der Waals surface area contributed by atoms with Crippen LogP contribution in [-0.4, -0.2) is 36.4 Å². The van der Waals surface area contributed by atoms with E-state index in [1.165, 1.54) is 17.1 Å². The van der Waals surface area contributed by atoms with Gasteiger partial charge in [-0.05, 0) is 36.8 Å². The summed E-state index contributed by atoms with van der Waals surface area (Å²) in [5.41, 5.74) is 5.53. The standard InChI is InChI=1S/C18H21ClN4O2S/c19-15-10-13(16(20)24)11-22-17(15)23-7-4-12(5-8-23)18(25)21-6-3-14-2-1-9-26-14/h1-2,9-12H,3-8H2,(H2,20,24)(H,21,25). The van der Waals surface area contributed by atoms with E-state index in [1.807, 2.05) is 16.3 Å². The zero-order valence-corrected chi connectivity index (χ0v) is 15.9. The Kier molecular flexibility index (Phi) is 6.11. The number of thiophene rings is 1. The lowest BCUT2D eigenvalue weighted by Gasteiger charge is -2.32. The van der Waals surface area contributed by atoms with Gasteiger partial charge >= 0.3 is 0 Å². The summed E-state index contributed by atoms with van der Waals surface area (Å²) in [5, 5.41) is 5.48. The predicted molar refractivity (Wildman–Crippen MR) is 104 cm³/mol. The Bertz CT molecular complexity index is 774. The van der Waals surface area contributed by atoms with Gasteiger partial charge in [0.2, 0.25) is 11.8 Å². The number of nitrogens with zero attached hydrogens (tertiary/aromatic N) is 2. The summed E-state index contributed by atoms with van der Waals surface area (Å²) in [5.74, 6) is 0.208. The van der Waals surface area contributed by atoms with Crippen LogP contribution in [0, 0.1) is 5.92 Å². The number of halogens is 1. The molecule has 0 radical (unpaired) electrons. The molecule has 138 valence electrons. The number of nitrogens with two attached hydrogens (primary N) is 1. The van der Waals surface area contributed by atoms with Crippen molar-refractivity contribution in [2.24, 2.45) is 11.7 Å². The van der Waals surface area contributed by atoms with Crippen molar-refractivity contribution >= 4 is 40.6 Å². The van der Waals surface area contributed by atoms with E-state index in [0.717, 1.165) is 19.3 Å². The van der Waals surface area contributed by atoms with E-state index in [9.17, 15) is 9.59 Å². The maximum Gasteiger partial charge on any atom is 0.250 e. The smallest absolute Gasteiger partial charge is 0.250 e. The van der Waals surface area contributed by atoms with Gasteiger partial charge in [-0.2, -0.15) is 0 Å². The van der Waals surface area contributed by atoms with E-state index in [0.29, 0.717) is 36.0 Å². The van der Waals surface area contributed by atoms with Gasteiger partial charge in [0, 0.05) is 36.6 Å². The predicted octanol–water partition coefficient (Wildman–Crippen LogP) is 2.47. The normalized spacial score (nSPS) is 15.0. The number of primary amides is 1. The molecule has 1 saturated heterocycles. The molecule has 2 aromatic heterocycles. The minimum absolute atomic E-state index is 0.0123. The first-order valence-corrected chi connectivity index (χ1v) is 9.80. The zero-order chi connectivity index (χ0) is 18.5. The summed E-state index contributed by atoms with van der Waals surface area (Å²) >= 11 is 7.94. The third-order valence-electron chi connectivity index (χ3n) is 4.52. The Balaban J connectivity index is 1.49. The molecular formula is C18H21ClN4O2S. The van der Waals surface area contributed by atoms with E-state index in [4.69, 9.17) is 17.3 Å². The van der Waals surface area contributed by atoms with Crippen molar-refractivity contribution in [2.45, 2.75) is 19.3 Å². The first kappa shape index (κ1) is 18.7. The van der Waals surface area contributed by atoms with Gasteiger partial charge in [-0.1, -0.05) is 17.7 Å². The Morgan fingerprint density at radius 3 is 2.77 bits per heavy atom. The zero-order valence-electron chi connectivity index (χ0n) is 14.3. The summed E-state index contributed by atoms with van der Waals surface area (Å²) in [6.45, 7) is 2.07. The van der Waals surface area contributed by atoms with Gasteiger partial charge in [-0.3, -0.25) is 9.59 Å². The average molecular weight is 393 g/mol. The van der Waals surface area contributed by atoms with Crippen LogP contribution in [-0.2, 0) is 11.2 Å². The van der Waals surface area contributed by atoms with Gasteiger partial charge in [0.15, 0.2) is 0 Å². The minimum Gasteiger partial charge on any atom is -0.366 e. The quantitative estimate of drug-likeness (QED) is 0.790. The SMILES string of the molecule is NC(=O)c1cnc(N2CCC(C(=O)NCCc3cccs3)CC2)c(Cl)c1. The first-order chi connectivity index (χ1) is 12.5. The van der Waals surface area contributed by atoms with E-state index in [-0.39, 0.29) is 11.8 Å². The average Bonchev–Trinajstić information content (AvgIpc) is 3.15. The van der Waals surface area contributed by atoms with Gasteiger partial charge in [0.25, 0.3) is 0 Å². The van der Waals surface area contributed by atoms with E-state index in [1.54, 1.807) is 11.3 Å².